The number of anilines is 1. The maximum atomic E-state index is 10.9. The first-order valence-electron chi connectivity index (χ1n) is 4.78. The van der Waals surface area contributed by atoms with E-state index in [4.69, 9.17) is 0 Å². The number of ether oxygens (including phenoxy) is 1. The third kappa shape index (κ3) is 2.15. The van der Waals surface area contributed by atoms with Gasteiger partial charge in [0.2, 0.25) is 0 Å². The summed E-state index contributed by atoms with van der Waals surface area (Å²) in [5.41, 5.74) is 2.12. The van der Waals surface area contributed by atoms with Gasteiger partial charge in [0.25, 0.3) is 0 Å². The Labute approximate surface area is 88.0 Å². The van der Waals surface area contributed by atoms with Crippen LogP contribution in [0.25, 0.3) is 6.08 Å². The maximum Gasteiger partial charge on any atom is 0.330 e. The van der Waals surface area contributed by atoms with Gasteiger partial charge in [0, 0.05) is 18.8 Å². The molecule has 15 heavy (non-hydrogen) atoms. The van der Waals surface area contributed by atoms with Crippen molar-refractivity contribution in [3.05, 3.63) is 29.5 Å². The predicted octanol–water partition coefficient (Wildman–Crippen LogP) is 1.24. The standard InChI is InChI=1S/C11H12N2O2/c1-15-10(14)3-2-8-6-9-4-5-12-11(9)13-7-8/h2-3,6-7H,4-5H2,1H3,(H,12,13)/b3-2+. The average molecular weight is 204 g/mol. The molecule has 0 aromatic carbocycles. The van der Waals surface area contributed by atoms with Crippen LogP contribution in [0.1, 0.15) is 11.1 Å². The third-order valence-corrected chi connectivity index (χ3v) is 2.29. The summed E-state index contributed by atoms with van der Waals surface area (Å²) in [6, 6.07) is 2.03. The molecule has 2 rings (SSSR count). The lowest BCUT2D eigenvalue weighted by Gasteiger charge is -1.99. The summed E-state index contributed by atoms with van der Waals surface area (Å²) < 4.78 is 4.51. The number of pyridine rings is 1. The summed E-state index contributed by atoms with van der Waals surface area (Å²) in [6.45, 7) is 0.937. The van der Waals surface area contributed by atoms with Gasteiger partial charge in [-0.2, -0.15) is 0 Å². The molecule has 2 heterocycles. The number of methoxy groups -OCH3 is 1. The van der Waals surface area contributed by atoms with E-state index in [0.717, 1.165) is 24.3 Å². The third-order valence-electron chi connectivity index (χ3n) is 2.29. The normalized spacial score (nSPS) is 13.7. The van der Waals surface area contributed by atoms with Gasteiger partial charge in [-0.1, -0.05) is 0 Å². The van der Waals surface area contributed by atoms with Crippen LogP contribution in [0.5, 0.6) is 0 Å². The Kier molecular flexibility index (Phi) is 2.67. The van der Waals surface area contributed by atoms with Gasteiger partial charge in [-0.3, -0.25) is 0 Å². The number of carbonyl (C=O) groups excluding carboxylic acids is 1. The fourth-order valence-corrected chi connectivity index (χ4v) is 1.52. The van der Waals surface area contributed by atoms with E-state index in [1.807, 2.05) is 6.07 Å². The fourth-order valence-electron chi connectivity index (χ4n) is 1.52. The van der Waals surface area contributed by atoms with E-state index in [0.29, 0.717) is 0 Å². The first kappa shape index (κ1) is 9.71. The van der Waals surface area contributed by atoms with Gasteiger partial charge < -0.3 is 10.1 Å². The molecular formula is C11H12N2O2. The van der Waals surface area contributed by atoms with Crippen LogP contribution >= 0.6 is 0 Å². The molecule has 0 radical (unpaired) electrons. The molecule has 4 nitrogen and oxygen atoms in total. The zero-order valence-electron chi connectivity index (χ0n) is 8.49. The molecule has 4 heteroatoms. The van der Waals surface area contributed by atoms with E-state index in [9.17, 15) is 4.79 Å². The van der Waals surface area contributed by atoms with Crippen molar-refractivity contribution in [3.63, 3.8) is 0 Å². The lowest BCUT2D eigenvalue weighted by molar-refractivity contribution is -0.134. The molecular weight excluding hydrogens is 192 g/mol. The monoisotopic (exact) mass is 204 g/mol. The zero-order chi connectivity index (χ0) is 10.7. The van der Waals surface area contributed by atoms with Crippen molar-refractivity contribution < 1.29 is 9.53 Å². The number of carbonyl (C=O) groups is 1. The molecule has 0 unspecified atom stereocenters. The second-order valence-corrected chi connectivity index (χ2v) is 3.31. The predicted molar refractivity (Wildman–Crippen MR) is 57.5 cm³/mol. The number of hydrogen-bond acceptors (Lipinski definition) is 4. The van der Waals surface area contributed by atoms with Crippen molar-refractivity contribution in [1.82, 2.24) is 4.98 Å². The summed E-state index contributed by atoms with van der Waals surface area (Å²) >= 11 is 0. The largest absolute Gasteiger partial charge is 0.466 e. The summed E-state index contributed by atoms with van der Waals surface area (Å²) in [5.74, 6) is 0.596. The quantitative estimate of drug-likeness (QED) is 0.581. The summed E-state index contributed by atoms with van der Waals surface area (Å²) in [7, 11) is 1.36. The first-order chi connectivity index (χ1) is 7.29. The molecule has 0 saturated heterocycles. The van der Waals surface area contributed by atoms with Gasteiger partial charge in [-0.15, -0.1) is 0 Å². The van der Waals surface area contributed by atoms with Crippen LogP contribution in [0.4, 0.5) is 5.82 Å². The molecule has 78 valence electrons. The zero-order valence-corrected chi connectivity index (χ0v) is 8.49. The van der Waals surface area contributed by atoms with E-state index in [-0.39, 0.29) is 5.97 Å². The molecule has 0 spiro atoms. The Bertz CT molecular complexity index is 413. The van der Waals surface area contributed by atoms with Crippen LogP contribution in [-0.4, -0.2) is 24.6 Å². The van der Waals surface area contributed by atoms with Crippen molar-refractivity contribution in [2.75, 3.05) is 19.0 Å². The molecule has 1 aromatic heterocycles. The lowest BCUT2D eigenvalue weighted by atomic mass is 10.1. The molecule has 0 atom stereocenters. The Morgan fingerprint density at radius 1 is 1.67 bits per heavy atom. The van der Waals surface area contributed by atoms with Gasteiger partial charge in [-0.25, -0.2) is 9.78 Å². The Hall–Kier alpha value is -1.84. The number of rotatable bonds is 2. The molecule has 0 bridgehead atoms. The number of fused-ring (bicyclic) bond motifs is 1. The SMILES string of the molecule is COC(=O)/C=C/c1cnc2c(c1)CCN2. The molecule has 1 N–H and O–H groups in total. The van der Waals surface area contributed by atoms with Gasteiger partial charge in [0.15, 0.2) is 0 Å². The van der Waals surface area contributed by atoms with Crippen LogP contribution in [0.15, 0.2) is 18.3 Å². The highest BCUT2D eigenvalue weighted by Gasteiger charge is 2.10. The molecule has 0 fully saturated rings. The number of nitrogens with zero attached hydrogens (tertiary/aromatic N) is 1. The van der Waals surface area contributed by atoms with Gasteiger partial charge in [-0.05, 0) is 29.7 Å². The van der Waals surface area contributed by atoms with E-state index in [1.54, 1.807) is 12.3 Å². The van der Waals surface area contributed by atoms with E-state index < -0.39 is 0 Å². The number of esters is 1. The minimum Gasteiger partial charge on any atom is -0.466 e. The molecule has 0 amide bonds. The topological polar surface area (TPSA) is 51.2 Å². The van der Waals surface area contributed by atoms with Gasteiger partial charge in [0.1, 0.15) is 5.82 Å². The number of hydrogen-bond donors (Lipinski definition) is 1. The van der Waals surface area contributed by atoms with Crippen molar-refractivity contribution in [2.45, 2.75) is 6.42 Å². The Balaban J connectivity index is 2.16. The molecule has 1 aliphatic heterocycles. The minimum atomic E-state index is -0.353. The molecule has 0 aliphatic carbocycles. The lowest BCUT2D eigenvalue weighted by Crippen LogP contribution is -1.94. The second-order valence-electron chi connectivity index (χ2n) is 3.31. The van der Waals surface area contributed by atoms with Gasteiger partial charge >= 0.3 is 5.97 Å². The van der Waals surface area contributed by atoms with Crippen molar-refractivity contribution in [3.8, 4) is 0 Å². The summed E-state index contributed by atoms with van der Waals surface area (Å²) in [5, 5.41) is 3.18. The van der Waals surface area contributed by atoms with E-state index in [1.165, 1.54) is 18.7 Å². The number of nitrogens with one attached hydrogen (secondary N) is 1. The van der Waals surface area contributed by atoms with Crippen LogP contribution < -0.4 is 5.32 Å². The fraction of sp³-hybridized carbons (Fsp3) is 0.273. The summed E-state index contributed by atoms with van der Waals surface area (Å²) in [6.07, 6.45) is 5.82. The van der Waals surface area contributed by atoms with Crippen LogP contribution in [0, 0.1) is 0 Å². The minimum absolute atomic E-state index is 0.353. The van der Waals surface area contributed by atoms with Crippen molar-refractivity contribution in [1.29, 1.82) is 0 Å². The van der Waals surface area contributed by atoms with Crippen LogP contribution in [-0.2, 0) is 16.0 Å². The summed E-state index contributed by atoms with van der Waals surface area (Å²) in [4.78, 5) is 15.1. The highest BCUT2D eigenvalue weighted by Crippen LogP contribution is 2.20. The molecule has 1 aliphatic rings. The molecule has 0 saturated carbocycles. The highest BCUT2D eigenvalue weighted by atomic mass is 16.5. The van der Waals surface area contributed by atoms with Crippen molar-refractivity contribution >= 4 is 17.9 Å². The van der Waals surface area contributed by atoms with E-state index in [2.05, 4.69) is 15.0 Å². The maximum absolute atomic E-state index is 10.9. The average Bonchev–Trinajstić information content (AvgIpc) is 2.72. The number of aromatic nitrogens is 1. The van der Waals surface area contributed by atoms with Crippen LogP contribution in [0.2, 0.25) is 0 Å². The van der Waals surface area contributed by atoms with E-state index >= 15 is 0 Å². The first-order valence-corrected chi connectivity index (χ1v) is 4.78. The highest BCUT2D eigenvalue weighted by molar-refractivity contribution is 5.86. The van der Waals surface area contributed by atoms with Crippen LogP contribution in [0.3, 0.4) is 0 Å². The Morgan fingerprint density at radius 2 is 2.53 bits per heavy atom. The molecule has 1 aromatic rings. The second kappa shape index (κ2) is 4.13. The smallest absolute Gasteiger partial charge is 0.330 e. The van der Waals surface area contributed by atoms with Crippen molar-refractivity contribution in [2.24, 2.45) is 0 Å². The van der Waals surface area contributed by atoms with Gasteiger partial charge in [0.05, 0.1) is 7.11 Å². The Morgan fingerprint density at radius 3 is 3.33 bits per heavy atom.